The van der Waals surface area contributed by atoms with Crippen LogP contribution in [0.4, 0.5) is 16.2 Å². The van der Waals surface area contributed by atoms with Gasteiger partial charge in [-0.1, -0.05) is 206 Å². The molecular formula is C102H164N10O5+2. The molecule has 117 heavy (non-hydrogen) atoms. The van der Waals surface area contributed by atoms with E-state index < -0.39 is 0 Å². The Morgan fingerprint density at radius 3 is 1.17 bits per heavy atom. The zero-order chi connectivity index (χ0) is 88.1. The molecule has 0 unspecified atom stereocenters. The summed E-state index contributed by atoms with van der Waals surface area (Å²) in [5, 5.41) is 9.71. The second-order valence-corrected chi connectivity index (χ2v) is 42.5. The van der Waals surface area contributed by atoms with Gasteiger partial charge >= 0.3 is 6.09 Å². The fourth-order valence-corrected chi connectivity index (χ4v) is 12.8. The van der Waals surface area contributed by atoms with Crippen molar-refractivity contribution in [3.05, 3.63) is 196 Å². The first kappa shape index (κ1) is 103. The Kier molecular flexibility index (Phi) is 42.9. The fraction of sp³-hybridized carbons (Fsp3) is 0.569. The summed E-state index contributed by atoms with van der Waals surface area (Å²) in [5.41, 5.74) is 28.1. The second-order valence-electron chi connectivity index (χ2n) is 42.5. The number of nitrogen functional groups attached to an aromatic ring is 1. The van der Waals surface area contributed by atoms with E-state index >= 15 is 0 Å². The smallest absolute Gasteiger partial charge is 0.407 e. The number of nitrogens with one attached hydrogen (secondary N) is 5. The molecule has 0 bridgehead atoms. The van der Waals surface area contributed by atoms with Crippen LogP contribution >= 0.6 is 0 Å². The first-order valence-electron chi connectivity index (χ1n) is 43.1. The Morgan fingerprint density at radius 1 is 0.419 bits per heavy atom. The summed E-state index contributed by atoms with van der Waals surface area (Å²) in [4.78, 5) is 24.7. The van der Waals surface area contributed by atoms with Crippen LogP contribution in [0.5, 0.6) is 17.2 Å². The van der Waals surface area contributed by atoms with Crippen LogP contribution in [0.15, 0.2) is 146 Å². The van der Waals surface area contributed by atoms with Crippen molar-refractivity contribution in [1.82, 2.24) is 25.6 Å². The van der Waals surface area contributed by atoms with Gasteiger partial charge in [0.25, 0.3) is 0 Å². The highest BCUT2D eigenvalue weighted by Gasteiger charge is 2.20. The predicted molar refractivity (Wildman–Crippen MR) is 505 cm³/mol. The van der Waals surface area contributed by atoms with Crippen LogP contribution in [-0.4, -0.2) is 138 Å². The summed E-state index contributed by atoms with van der Waals surface area (Å²) in [5.74, 6) is 2.90. The Balaban J connectivity index is 0.000000354. The normalized spacial score (nSPS) is 12.0. The van der Waals surface area contributed by atoms with E-state index in [1.165, 1.54) is 85.5 Å². The molecule has 15 heteroatoms. The van der Waals surface area contributed by atoms with Crippen LogP contribution in [0.2, 0.25) is 0 Å². The van der Waals surface area contributed by atoms with Gasteiger partial charge in [-0.15, -0.1) is 0 Å². The summed E-state index contributed by atoms with van der Waals surface area (Å²) in [7, 11) is 14.9. The Labute approximate surface area is 711 Å². The molecule has 0 aliphatic heterocycles. The van der Waals surface area contributed by atoms with E-state index in [0.717, 1.165) is 134 Å². The molecule has 0 atom stereocenters. The van der Waals surface area contributed by atoms with Crippen molar-refractivity contribution >= 4 is 50.2 Å². The first-order valence-corrected chi connectivity index (χ1v) is 43.1. The van der Waals surface area contributed by atoms with Crippen LogP contribution in [0.3, 0.4) is 0 Å². The minimum atomic E-state index is -0.292. The molecule has 1 amide bonds. The van der Waals surface area contributed by atoms with Crippen LogP contribution in [0, 0.1) is 51.4 Å². The number of hydrogen-bond acceptors (Lipinski definition) is 8. The van der Waals surface area contributed by atoms with Gasteiger partial charge in [0.1, 0.15) is 30.4 Å². The number of aromatic amines is 3. The number of ether oxygens (including phenoxy) is 4. The quantitative estimate of drug-likeness (QED) is 0.0109. The number of H-pyrrole nitrogens is 3. The van der Waals surface area contributed by atoms with E-state index in [1.54, 1.807) is 0 Å². The second kappa shape index (κ2) is 48.7. The molecule has 0 spiro atoms. The van der Waals surface area contributed by atoms with Crippen LogP contribution in [0.1, 0.15) is 229 Å². The fourth-order valence-electron chi connectivity index (χ4n) is 12.8. The van der Waals surface area contributed by atoms with E-state index in [1.807, 2.05) is 55.6 Å². The number of aryl methyl sites for hydroxylation is 1. The Morgan fingerprint density at radius 2 is 0.795 bits per heavy atom. The average molecular weight is 1610 g/mol. The lowest BCUT2D eigenvalue weighted by Gasteiger charge is -2.23. The number of likely N-dealkylation sites (N-methyl/N-ethyl adjacent to an activating group) is 1. The standard InChI is InChI=1S/C18H32NO.C15H25NO.C14H30N2O2.C14H16N2.C14H23NO.C14H19N.C13H18N2/c1-18(2,3)15-16-9-11-17(12-10-16)20-14-8-7-13-19(4,5)6;1-15(2,3)12-13-6-8-14(9-7-13)17-11-5-10-16-4;1-14(2,3)9-7-8-10-15-13(17)18-12-11-16(4,5)6;1-14(2,3)8-10-9-16-13-6-5-11(15-4)7-12(10)13;1-14(2,3)11-12-5-7-13(8-6-12)16-10-4-9-15;1-10-5-6-13-12(7-10)11(9-15-13)8-14(2,3)4;1-13(2,3)7-9-8-15-12-5-4-10(14)6-11(9)12/h9-12H,7-8,13-15H2,1-6H3;6-9,16H,5,10-12H2,1-4H3;7-12H2,1-6H3;5-7,9,16H,8H2,1-3H3;5-8H,4,9-11,15H2,1-3H3;5-7,9,15H,8H2,1-4H3;4-6,8,15H,7,14H2,1-3H3/q+1;;;;;;/p+1. The molecule has 0 saturated carbocycles. The number of benzene rings is 6. The minimum absolute atomic E-state index is 0.267. The SMILES string of the molecule is CC(C)(C)CCCCNC(=O)OCC[N+](C)(C)C.CC(C)(C)Cc1c[nH]c2ccc(N)cc12.CC(C)(C)Cc1ccc(OCCCC[N+](C)(C)C)cc1.CC(C)(C)Cc1ccc(OCCCN)cc1.CNCCCOc1ccc(CC(C)(C)C)cc1.Cc1ccc2[nH]cc(CC(C)(C)C)c2c1.[C-]#[N+]c1ccc2[nH]cc(CC(C)(C)C)c2c1. The molecular weight excluding hydrogens is 1450 g/mol. The molecule has 3 aromatic heterocycles. The van der Waals surface area contributed by atoms with Crippen LogP contribution in [0.25, 0.3) is 37.6 Å². The maximum atomic E-state index is 11.3. The third-order valence-corrected chi connectivity index (χ3v) is 18.3. The van der Waals surface area contributed by atoms with Gasteiger partial charge in [0.2, 0.25) is 0 Å². The monoisotopic (exact) mass is 1610 g/mol. The van der Waals surface area contributed by atoms with E-state index in [2.05, 4.69) is 322 Å². The molecule has 3 heterocycles. The summed E-state index contributed by atoms with van der Waals surface area (Å²) in [6.07, 6.45) is 20.2. The number of unbranched alkanes of at least 4 members (excludes halogenated alkanes) is 2. The van der Waals surface area contributed by atoms with Crippen molar-refractivity contribution in [2.45, 2.75) is 236 Å². The molecule has 9 aromatic rings. The van der Waals surface area contributed by atoms with Crippen LogP contribution < -0.4 is 36.3 Å². The van der Waals surface area contributed by atoms with Gasteiger partial charge in [0, 0.05) is 58.1 Å². The van der Waals surface area contributed by atoms with E-state index in [9.17, 15) is 4.79 Å². The van der Waals surface area contributed by atoms with Gasteiger partial charge in [0.15, 0.2) is 5.69 Å². The predicted octanol–water partition coefficient (Wildman–Crippen LogP) is 24.8. The van der Waals surface area contributed by atoms with Crippen molar-refractivity contribution in [2.75, 3.05) is 114 Å². The maximum Gasteiger partial charge on any atom is 0.407 e. The molecule has 650 valence electrons. The number of nitrogens with two attached hydrogens (primary N) is 2. The topological polar surface area (TPSA) is 182 Å². The number of amides is 1. The van der Waals surface area contributed by atoms with Crippen molar-refractivity contribution in [3.63, 3.8) is 0 Å². The average Bonchev–Trinajstić information content (AvgIpc) is 1.69. The number of aromatic nitrogens is 3. The number of hydrogen-bond donors (Lipinski definition) is 7. The molecule has 0 fully saturated rings. The van der Waals surface area contributed by atoms with Crippen LogP contribution in [-0.2, 0) is 43.3 Å². The van der Waals surface area contributed by atoms with E-state index in [0.29, 0.717) is 64.5 Å². The van der Waals surface area contributed by atoms with Crippen molar-refractivity contribution in [2.24, 2.45) is 43.6 Å². The van der Waals surface area contributed by atoms with Gasteiger partial charge in [-0.3, -0.25) is 0 Å². The summed E-state index contributed by atoms with van der Waals surface area (Å²) in [6, 6.07) is 43.8. The highest BCUT2D eigenvalue weighted by atomic mass is 16.5. The number of anilines is 1. The van der Waals surface area contributed by atoms with Crippen molar-refractivity contribution < 1.29 is 32.7 Å². The van der Waals surface area contributed by atoms with E-state index in [4.69, 9.17) is 37.0 Å². The highest BCUT2D eigenvalue weighted by Crippen LogP contribution is 2.33. The molecule has 0 saturated heterocycles. The molecule has 0 aliphatic rings. The third kappa shape index (κ3) is 49.7. The summed E-state index contributed by atoms with van der Waals surface area (Å²) in [6.45, 7) is 63.7. The number of carbonyl (C=O) groups excluding carboxylic acids is 1. The molecule has 0 aliphatic carbocycles. The zero-order valence-electron chi connectivity index (χ0n) is 79.0. The number of carbonyl (C=O) groups is 1. The molecule has 9 rings (SSSR count). The molecule has 0 radical (unpaired) electrons. The van der Waals surface area contributed by atoms with Gasteiger partial charge in [-0.2, -0.15) is 0 Å². The van der Waals surface area contributed by atoms with E-state index in [-0.39, 0.29) is 11.5 Å². The van der Waals surface area contributed by atoms with Crippen molar-refractivity contribution in [1.29, 1.82) is 0 Å². The third-order valence-electron chi connectivity index (χ3n) is 18.3. The van der Waals surface area contributed by atoms with Gasteiger partial charge in [-0.25, -0.2) is 9.64 Å². The van der Waals surface area contributed by atoms with Gasteiger partial charge < -0.3 is 65.0 Å². The minimum Gasteiger partial charge on any atom is -0.494 e. The Hall–Kier alpha value is -8.26. The molecule has 15 nitrogen and oxygen atoms in total. The lowest BCUT2D eigenvalue weighted by molar-refractivity contribution is -0.870. The lowest BCUT2D eigenvalue weighted by Crippen LogP contribution is -2.39. The lowest BCUT2D eigenvalue weighted by atomic mass is 9.88. The van der Waals surface area contributed by atoms with Gasteiger partial charge in [0.05, 0.1) is 75.2 Å². The zero-order valence-corrected chi connectivity index (χ0v) is 79.0. The maximum absolute atomic E-state index is 11.3. The van der Waals surface area contributed by atoms with Gasteiger partial charge in [-0.05, 0) is 260 Å². The Bertz CT molecular complexity index is 4170. The largest absolute Gasteiger partial charge is 0.494 e. The number of rotatable bonds is 28. The molecule has 9 N–H and O–H groups in total. The number of nitrogens with zero attached hydrogens (tertiary/aromatic N) is 3. The first-order chi connectivity index (χ1) is 54.2. The highest BCUT2D eigenvalue weighted by molar-refractivity contribution is 5.87. The molecule has 6 aromatic carbocycles. The number of fused-ring (bicyclic) bond motifs is 3. The summed E-state index contributed by atoms with van der Waals surface area (Å²) >= 11 is 0. The number of alkyl carbamates (subject to hydrolysis) is 1. The number of quaternary nitrogens is 2. The van der Waals surface area contributed by atoms with Crippen molar-refractivity contribution in [3.8, 4) is 17.2 Å². The summed E-state index contributed by atoms with van der Waals surface area (Å²) < 4.78 is 23.9.